The van der Waals surface area contributed by atoms with Crippen molar-refractivity contribution in [3.8, 4) is 11.3 Å². The molecule has 0 aliphatic carbocycles. The second-order valence-corrected chi connectivity index (χ2v) is 9.90. The Balaban J connectivity index is 1.96. The van der Waals surface area contributed by atoms with Crippen molar-refractivity contribution in [3.63, 3.8) is 0 Å². The predicted molar refractivity (Wildman–Crippen MR) is 129 cm³/mol. The highest BCUT2D eigenvalue weighted by molar-refractivity contribution is 7.92. The topological polar surface area (TPSA) is 115 Å². The normalized spacial score (nSPS) is 12.8. The Morgan fingerprint density at radius 1 is 1.09 bits per heavy atom. The first-order valence-electron chi connectivity index (χ1n) is 10.8. The number of nitrogens with one attached hydrogen (secondary N) is 2. The number of aliphatic hydroxyl groups excluding tert-OH is 1. The first-order valence-corrected chi connectivity index (χ1v) is 12.3. The highest BCUT2D eigenvalue weighted by atomic mass is 32.2. The zero-order chi connectivity index (χ0) is 24.3. The molecule has 0 bridgehead atoms. The summed E-state index contributed by atoms with van der Waals surface area (Å²) in [5.74, 6) is -0.177. The maximum Gasteiger partial charge on any atom is 0.264 e. The van der Waals surface area contributed by atoms with E-state index in [0.29, 0.717) is 17.8 Å². The number of aromatic amines is 1. The van der Waals surface area contributed by atoms with E-state index in [1.165, 1.54) is 18.2 Å². The van der Waals surface area contributed by atoms with Gasteiger partial charge in [0.15, 0.2) is 0 Å². The lowest BCUT2D eigenvalue weighted by molar-refractivity contribution is -0.0151. The third kappa shape index (κ3) is 5.50. The van der Waals surface area contributed by atoms with Crippen LogP contribution in [-0.2, 0) is 10.0 Å². The van der Waals surface area contributed by atoms with Crippen molar-refractivity contribution in [1.82, 2.24) is 14.9 Å². The fourth-order valence-electron chi connectivity index (χ4n) is 3.89. The molecule has 0 amide bonds. The molecule has 0 radical (unpaired) electrons. The van der Waals surface area contributed by atoms with E-state index >= 15 is 0 Å². The maximum atomic E-state index is 13.1. The zero-order valence-corrected chi connectivity index (χ0v) is 20.3. The molecule has 8 nitrogen and oxygen atoms in total. The minimum Gasteiger partial charge on any atom is -0.374 e. The molecule has 3 aromatic rings. The molecule has 33 heavy (non-hydrogen) atoms. The molecule has 0 fully saturated rings. The van der Waals surface area contributed by atoms with Crippen LogP contribution in [-0.4, -0.2) is 41.0 Å². The summed E-state index contributed by atoms with van der Waals surface area (Å²) in [6, 6.07) is 13.2. The minimum absolute atomic E-state index is 0.0426. The first-order chi connectivity index (χ1) is 15.5. The van der Waals surface area contributed by atoms with Gasteiger partial charge in [-0.15, -0.1) is 0 Å². The highest BCUT2D eigenvalue weighted by Gasteiger charge is 2.22. The molecule has 9 heteroatoms. The first kappa shape index (κ1) is 24.6. The number of aromatic nitrogens is 2. The summed E-state index contributed by atoms with van der Waals surface area (Å²) in [6.07, 6.45) is -0.949. The largest absolute Gasteiger partial charge is 0.374 e. The van der Waals surface area contributed by atoms with E-state index < -0.39 is 21.8 Å². The Morgan fingerprint density at radius 2 is 1.73 bits per heavy atom. The molecule has 0 aliphatic heterocycles. The van der Waals surface area contributed by atoms with Gasteiger partial charge >= 0.3 is 0 Å². The maximum absolute atomic E-state index is 13.1. The molecule has 0 saturated heterocycles. The van der Waals surface area contributed by atoms with Crippen LogP contribution in [0.25, 0.3) is 11.3 Å². The van der Waals surface area contributed by atoms with Gasteiger partial charge in [0.05, 0.1) is 10.6 Å². The number of anilines is 1. The summed E-state index contributed by atoms with van der Waals surface area (Å²) in [7, 11) is -4.07. The minimum atomic E-state index is -4.07. The quantitative estimate of drug-likeness (QED) is 0.434. The molecule has 0 saturated carbocycles. The van der Waals surface area contributed by atoms with Gasteiger partial charge in [-0.25, -0.2) is 18.1 Å². The van der Waals surface area contributed by atoms with Crippen molar-refractivity contribution in [2.45, 2.75) is 51.8 Å². The zero-order valence-electron chi connectivity index (χ0n) is 19.5. The lowest BCUT2D eigenvalue weighted by atomic mass is 10.00. The molecular weight excluding hydrogens is 440 g/mol. The highest BCUT2D eigenvalue weighted by Crippen LogP contribution is 2.26. The molecule has 0 spiro atoms. The number of aliphatic hydroxyl groups is 1. The number of nitrogens with zero attached hydrogens (tertiary/aromatic N) is 2. The standard InChI is InChI=1S/C24H30N4O4S/c1-6-28(15(2)3)23(30)18-11-8-12-19(13-18)33(31,32)27-24-25-20(14-21(29)26-24)22-16(4)9-7-10-17(22)5/h7-15,23,30H,6H2,1-5H3,(H2,25,26,27,29). The van der Waals surface area contributed by atoms with Crippen molar-refractivity contribution in [3.05, 3.63) is 75.6 Å². The van der Waals surface area contributed by atoms with Crippen LogP contribution >= 0.6 is 0 Å². The number of aryl methyl sites for hydroxylation is 2. The summed E-state index contributed by atoms with van der Waals surface area (Å²) >= 11 is 0. The summed E-state index contributed by atoms with van der Waals surface area (Å²) in [5.41, 5.74) is 3.00. The average Bonchev–Trinajstić information content (AvgIpc) is 2.73. The fraction of sp³-hybridized carbons (Fsp3) is 0.333. The van der Waals surface area contributed by atoms with E-state index in [0.717, 1.165) is 16.7 Å². The van der Waals surface area contributed by atoms with Crippen molar-refractivity contribution in [2.24, 2.45) is 0 Å². The summed E-state index contributed by atoms with van der Waals surface area (Å²) in [6.45, 7) is 10.3. The second-order valence-electron chi connectivity index (χ2n) is 8.22. The SMILES string of the molecule is CCN(C(C)C)C(O)c1cccc(S(=O)(=O)Nc2nc(-c3c(C)cccc3C)cc(=O)[nH]2)c1. The molecule has 3 N–H and O–H groups in total. The van der Waals surface area contributed by atoms with E-state index in [9.17, 15) is 18.3 Å². The Morgan fingerprint density at radius 3 is 2.33 bits per heavy atom. The Bertz CT molecular complexity index is 1280. The Kier molecular flexibility index (Phi) is 7.36. The predicted octanol–water partition coefficient (Wildman–Crippen LogP) is 3.58. The number of rotatable bonds is 8. The van der Waals surface area contributed by atoms with Gasteiger partial charge in [0, 0.05) is 17.7 Å². The van der Waals surface area contributed by atoms with Crippen LogP contribution in [0, 0.1) is 13.8 Å². The Hall–Kier alpha value is -3.01. The lowest BCUT2D eigenvalue weighted by Crippen LogP contribution is -2.34. The molecule has 1 heterocycles. The van der Waals surface area contributed by atoms with E-state index in [4.69, 9.17) is 0 Å². The van der Waals surface area contributed by atoms with Crippen molar-refractivity contribution < 1.29 is 13.5 Å². The molecular formula is C24H30N4O4S. The molecule has 2 aromatic carbocycles. The van der Waals surface area contributed by atoms with Gasteiger partial charge in [-0.2, -0.15) is 0 Å². The third-order valence-corrected chi connectivity index (χ3v) is 6.86. The number of sulfonamides is 1. The molecule has 1 atom stereocenters. The van der Waals surface area contributed by atoms with Crippen LogP contribution in [0.3, 0.4) is 0 Å². The van der Waals surface area contributed by atoms with Crippen LogP contribution in [0.2, 0.25) is 0 Å². The third-order valence-electron chi connectivity index (χ3n) is 5.52. The van der Waals surface area contributed by atoms with E-state index in [1.807, 2.05) is 57.7 Å². The molecule has 0 aliphatic rings. The van der Waals surface area contributed by atoms with Crippen molar-refractivity contribution >= 4 is 16.0 Å². The molecule has 3 rings (SSSR count). The number of benzene rings is 2. The van der Waals surface area contributed by atoms with Crippen LogP contribution in [0.4, 0.5) is 5.95 Å². The summed E-state index contributed by atoms with van der Waals surface area (Å²) in [5, 5.41) is 10.7. The molecule has 1 aromatic heterocycles. The van der Waals surface area contributed by atoms with Gasteiger partial charge in [-0.05, 0) is 63.1 Å². The van der Waals surface area contributed by atoms with Gasteiger partial charge < -0.3 is 5.11 Å². The van der Waals surface area contributed by atoms with Crippen molar-refractivity contribution in [2.75, 3.05) is 11.3 Å². The monoisotopic (exact) mass is 470 g/mol. The van der Waals surface area contributed by atoms with Gasteiger partial charge in [0.2, 0.25) is 5.95 Å². The van der Waals surface area contributed by atoms with Gasteiger partial charge in [0.25, 0.3) is 15.6 Å². The van der Waals surface area contributed by atoms with Crippen LogP contribution < -0.4 is 10.3 Å². The van der Waals surface area contributed by atoms with E-state index in [1.54, 1.807) is 12.1 Å². The van der Waals surface area contributed by atoms with Crippen molar-refractivity contribution in [1.29, 1.82) is 0 Å². The van der Waals surface area contributed by atoms with Gasteiger partial charge in [-0.3, -0.25) is 14.7 Å². The van der Waals surface area contributed by atoms with Gasteiger partial charge in [0.1, 0.15) is 6.23 Å². The van der Waals surface area contributed by atoms with E-state index in [2.05, 4.69) is 14.7 Å². The smallest absolute Gasteiger partial charge is 0.264 e. The summed E-state index contributed by atoms with van der Waals surface area (Å²) < 4.78 is 28.5. The van der Waals surface area contributed by atoms with Crippen LogP contribution in [0.1, 0.15) is 43.7 Å². The molecule has 1 unspecified atom stereocenters. The van der Waals surface area contributed by atoms with E-state index in [-0.39, 0.29) is 16.9 Å². The van der Waals surface area contributed by atoms with Crippen LogP contribution in [0.5, 0.6) is 0 Å². The van der Waals surface area contributed by atoms with Gasteiger partial charge in [-0.1, -0.05) is 37.3 Å². The average molecular weight is 471 g/mol. The van der Waals surface area contributed by atoms with Crippen LogP contribution in [0.15, 0.2) is 58.2 Å². The lowest BCUT2D eigenvalue weighted by Gasteiger charge is -2.30. The molecule has 176 valence electrons. The number of H-pyrrole nitrogens is 1. The number of hydrogen-bond donors (Lipinski definition) is 3. The number of hydrogen-bond acceptors (Lipinski definition) is 6. The second kappa shape index (κ2) is 9.86. The fourth-order valence-corrected chi connectivity index (χ4v) is 4.91. The Labute approximate surface area is 194 Å². The summed E-state index contributed by atoms with van der Waals surface area (Å²) in [4.78, 5) is 20.9.